The van der Waals surface area contributed by atoms with Crippen LogP contribution in [0.4, 0.5) is 11.4 Å². The standard InChI is InChI=1S/C23H27ClN6O2/c24-19-5-6-22(30-16-25-15-27-30)21(11-19)28-23(32)12-26-20-4-2-1-3-18(20)13-29-9-7-17(14-31)8-10-29/h1-6,11,15-17,26,31H,7-10,12-14H2,(H,28,32). The summed E-state index contributed by atoms with van der Waals surface area (Å²) in [6.45, 7) is 3.15. The molecule has 1 amide bonds. The molecule has 0 unspecified atom stereocenters. The van der Waals surface area contributed by atoms with Crippen molar-refractivity contribution in [3.63, 3.8) is 0 Å². The summed E-state index contributed by atoms with van der Waals surface area (Å²) in [6, 6.07) is 13.3. The number of likely N-dealkylation sites (tertiary alicyclic amines) is 1. The molecular formula is C23H27ClN6O2. The molecule has 1 saturated heterocycles. The van der Waals surface area contributed by atoms with Crippen molar-refractivity contribution in [2.24, 2.45) is 5.92 Å². The molecule has 1 fully saturated rings. The van der Waals surface area contributed by atoms with Gasteiger partial charge in [-0.15, -0.1) is 0 Å². The highest BCUT2D eigenvalue weighted by molar-refractivity contribution is 6.31. The number of amides is 1. The van der Waals surface area contributed by atoms with Gasteiger partial charge in [0.05, 0.1) is 17.9 Å². The van der Waals surface area contributed by atoms with Crippen molar-refractivity contribution in [1.29, 1.82) is 0 Å². The van der Waals surface area contributed by atoms with Crippen LogP contribution in [0.25, 0.3) is 5.69 Å². The Kier molecular flexibility index (Phi) is 7.36. The van der Waals surface area contributed by atoms with Gasteiger partial charge in [0, 0.05) is 23.9 Å². The van der Waals surface area contributed by atoms with Crippen LogP contribution in [-0.2, 0) is 11.3 Å². The maximum Gasteiger partial charge on any atom is 0.243 e. The van der Waals surface area contributed by atoms with Crippen LogP contribution < -0.4 is 10.6 Å². The monoisotopic (exact) mass is 454 g/mol. The second-order valence-electron chi connectivity index (χ2n) is 7.96. The number of carbonyl (C=O) groups is 1. The molecule has 0 atom stereocenters. The Morgan fingerprint density at radius 3 is 2.72 bits per heavy atom. The van der Waals surface area contributed by atoms with Crippen LogP contribution >= 0.6 is 11.6 Å². The number of halogens is 1. The van der Waals surface area contributed by atoms with Gasteiger partial charge in [-0.05, 0) is 61.7 Å². The molecule has 2 aromatic carbocycles. The summed E-state index contributed by atoms with van der Waals surface area (Å²) < 4.78 is 1.58. The van der Waals surface area contributed by atoms with Crippen LogP contribution in [0.3, 0.4) is 0 Å². The van der Waals surface area contributed by atoms with E-state index in [1.165, 1.54) is 6.33 Å². The lowest BCUT2D eigenvalue weighted by Crippen LogP contribution is -2.34. The Labute approximate surface area is 192 Å². The molecule has 0 spiro atoms. The van der Waals surface area contributed by atoms with Gasteiger partial charge in [0.2, 0.25) is 5.91 Å². The van der Waals surface area contributed by atoms with Gasteiger partial charge in [-0.1, -0.05) is 29.8 Å². The Morgan fingerprint density at radius 2 is 1.97 bits per heavy atom. The Hall–Kier alpha value is -2.94. The number of anilines is 2. The first-order chi connectivity index (χ1) is 15.6. The van der Waals surface area contributed by atoms with Crippen molar-refractivity contribution < 1.29 is 9.90 Å². The Morgan fingerprint density at radius 1 is 1.16 bits per heavy atom. The zero-order valence-electron chi connectivity index (χ0n) is 17.7. The van der Waals surface area contributed by atoms with Crippen molar-refractivity contribution >= 4 is 28.9 Å². The van der Waals surface area contributed by atoms with E-state index in [1.54, 1.807) is 29.2 Å². The van der Waals surface area contributed by atoms with E-state index in [0.717, 1.165) is 43.7 Å². The molecule has 0 bridgehead atoms. The highest BCUT2D eigenvalue weighted by Gasteiger charge is 2.19. The number of para-hydroxylation sites is 1. The van der Waals surface area contributed by atoms with E-state index in [9.17, 15) is 9.90 Å². The fraction of sp³-hybridized carbons (Fsp3) is 0.348. The smallest absolute Gasteiger partial charge is 0.243 e. The van der Waals surface area contributed by atoms with Crippen molar-refractivity contribution in [1.82, 2.24) is 19.7 Å². The third-order valence-corrected chi connectivity index (χ3v) is 5.95. The van der Waals surface area contributed by atoms with E-state index in [0.29, 0.717) is 22.3 Å². The average Bonchev–Trinajstić information content (AvgIpc) is 3.34. The molecule has 9 heteroatoms. The van der Waals surface area contributed by atoms with Crippen LogP contribution in [0, 0.1) is 5.92 Å². The van der Waals surface area contributed by atoms with Crippen LogP contribution in [0.5, 0.6) is 0 Å². The molecule has 2 heterocycles. The second-order valence-corrected chi connectivity index (χ2v) is 8.40. The lowest BCUT2D eigenvalue weighted by molar-refractivity contribution is -0.114. The summed E-state index contributed by atoms with van der Waals surface area (Å²) in [6.07, 6.45) is 5.03. The number of nitrogens with one attached hydrogen (secondary N) is 2. The molecule has 1 aliphatic heterocycles. The molecule has 4 rings (SSSR count). The highest BCUT2D eigenvalue weighted by Crippen LogP contribution is 2.25. The summed E-state index contributed by atoms with van der Waals surface area (Å²) in [5.41, 5.74) is 3.34. The largest absolute Gasteiger partial charge is 0.396 e. The molecule has 1 aromatic heterocycles. The van der Waals surface area contributed by atoms with Crippen molar-refractivity contribution in [2.45, 2.75) is 19.4 Å². The van der Waals surface area contributed by atoms with Gasteiger partial charge in [0.25, 0.3) is 0 Å². The molecular weight excluding hydrogens is 428 g/mol. The lowest BCUT2D eigenvalue weighted by Gasteiger charge is -2.31. The normalized spacial score (nSPS) is 14.9. The summed E-state index contributed by atoms with van der Waals surface area (Å²) >= 11 is 6.14. The minimum Gasteiger partial charge on any atom is -0.396 e. The summed E-state index contributed by atoms with van der Waals surface area (Å²) in [7, 11) is 0. The van der Waals surface area contributed by atoms with Gasteiger partial charge in [0.1, 0.15) is 12.7 Å². The van der Waals surface area contributed by atoms with Gasteiger partial charge >= 0.3 is 0 Å². The lowest BCUT2D eigenvalue weighted by atomic mass is 9.97. The number of aromatic nitrogens is 3. The average molecular weight is 455 g/mol. The number of hydrogen-bond donors (Lipinski definition) is 3. The van der Waals surface area contributed by atoms with Crippen LogP contribution in [-0.4, -0.2) is 56.9 Å². The summed E-state index contributed by atoms with van der Waals surface area (Å²) in [4.78, 5) is 19.0. The number of aliphatic hydroxyl groups is 1. The predicted molar refractivity (Wildman–Crippen MR) is 125 cm³/mol. The number of benzene rings is 2. The fourth-order valence-electron chi connectivity index (χ4n) is 3.91. The van der Waals surface area contributed by atoms with E-state index in [-0.39, 0.29) is 19.1 Å². The first-order valence-electron chi connectivity index (χ1n) is 10.7. The van der Waals surface area contributed by atoms with Crippen LogP contribution in [0.1, 0.15) is 18.4 Å². The van der Waals surface area contributed by atoms with E-state index >= 15 is 0 Å². The SMILES string of the molecule is O=C(CNc1ccccc1CN1CCC(CO)CC1)Nc1cc(Cl)ccc1-n1cncn1. The number of rotatable bonds is 8. The zero-order chi connectivity index (χ0) is 22.3. The second kappa shape index (κ2) is 10.6. The van der Waals surface area contributed by atoms with E-state index in [4.69, 9.17) is 11.6 Å². The van der Waals surface area contributed by atoms with Crippen molar-refractivity contribution in [3.05, 3.63) is 65.7 Å². The van der Waals surface area contributed by atoms with Gasteiger partial charge < -0.3 is 15.7 Å². The molecule has 0 saturated carbocycles. The van der Waals surface area contributed by atoms with E-state index in [2.05, 4.69) is 31.7 Å². The van der Waals surface area contributed by atoms with Crippen molar-refractivity contribution in [3.8, 4) is 5.69 Å². The maximum atomic E-state index is 12.7. The van der Waals surface area contributed by atoms with Gasteiger partial charge in [-0.2, -0.15) is 5.10 Å². The number of piperidine rings is 1. The fourth-order valence-corrected chi connectivity index (χ4v) is 4.08. The molecule has 168 valence electrons. The molecule has 3 aromatic rings. The quantitative estimate of drug-likeness (QED) is 0.484. The minimum absolute atomic E-state index is 0.118. The molecule has 8 nitrogen and oxygen atoms in total. The topological polar surface area (TPSA) is 95.3 Å². The van der Waals surface area contributed by atoms with Gasteiger partial charge in [-0.3, -0.25) is 9.69 Å². The number of carbonyl (C=O) groups excluding carboxylic acids is 1. The third kappa shape index (κ3) is 5.64. The molecule has 0 aliphatic carbocycles. The number of nitrogens with zero attached hydrogens (tertiary/aromatic N) is 4. The first-order valence-corrected chi connectivity index (χ1v) is 11.1. The molecule has 1 aliphatic rings. The number of hydrogen-bond acceptors (Lipinski definition) is 6. The summed E-state index contributed by atoms with van der Waals surface area (Å²) in [5.74, 6) is 0.226. The molecule has 3 N–H and O–H groups in total. The first kappa shape index (κ1) is 22.3. The Bertz CT molecular complexity index is 1030. The zero-order valence-corrected chi connectivity index (χ0v) is 18.5. The van der Waals surface area contributed by atoms with Crippen LogP contribution in [0.15, 0.2) is 55.1 Å². The minimum atomic E-state index is -0.188. The summed E-state index contributed by atoms with van der Waals surface area (Å²) in [5, 5.41) is 20.2. The Balaban J connectivity index is 1.38. The van der Waals surface area contributed by atoms with Crippen LogP contribution in [0.2, 0.25) is 5.02 Å². The third-order valence-electron chi connectivity index (χ3n) is 5.71. The molecule has 32 heavy (non-hydrogen) atoms. The maximum absolute atomic E-state index is 12.7. The highest BCUT2D eigenvalue weighted by atomic mass is 35.5. The predicted octanol–water partition coefficient (Wildman–Crippen LogP) is 3.18. The van der Waals surface area contributed by atoms with Crippen molar-refractivity contribution in [2.75, 3.05) is 36.9 Å². The van der Waals surface area contributed by atoms with E-state index in [1.807, 2.05) is 18.2 Å². The molecule has 0 radical (unpaired) electrons. The van der Waals surface area contributed by atoms with Gasteiger partial charge in [0.15, 0.2) is 0 Å². The van der Waals surface area contributed by atoms with Gasteiger partial charge in [-0.25, -0.2) is 9.67 Å². The van der Waals surface area contributed by atoms with E-state index < -0.39 is 0 Å². The number of aliphatic hydroxyl groups excluding tert-OH is 1.